The van der Waals surface area contributed by atoms with E-state index >= 15 is 0 Å². The fourth-order valence-corrected chi connectivity index (χ4v) is 4.18. The van der Waals surface area contributed by atoms with Crippen LogP contribution in [0.3, 0.4) is 0 Å². The molecular weight excluding hydrogens is 340 g/mol. The van der Waals surface area contributed by atoms with E-state index in [0.29, 0.717) is 11.3 Å². The SMILES string of the molecule is CCN1CCN(C(=S)SCc2cc(=O)oc3ccc(C)cc23)CC1. The zero-order valence-electron chi connectivity index (χ0n) is 14.1. The number of hydrogen-bond acceptors (Lipinski definition) is 5. The van der Waals surface area contributed by atoms with Gasteiger partial charge in [-0.1, -0.05) is 42.5 Å². The van der Waals surface area contributed by atoms with Crippen LogP contribution in [-0.4, -0.2) is 46.8 Å². The molecule has 0 unspecified atom stereocenters. The Balaban J connectivity index is 1.70. The Kier molecular flexibility index (Phi) is 5.58. The molecule has 0 aliphatic carbocycles. The highest BCUT2D eigenvalue weighted by Crippen LogP contribution is 2.24. The Hall–Kier alpha value is -1.37. The van der Waals surface area contributed by atoms with Crippen molar-refractivity contribution in [3.05, 3.63) is 45.8 Å². The zero-order chi connectivity index (χ0) is 17.1. The van der Waals surface area contributed by atoms with Gasteiger partial charge in [-0.2, -0.15) is 0 Å². The molecule has 0 amide bonds. The highest BCUT2D eigenvalue weighted by atomic mass is 32.2. The van der Waals surface area contributed by atoms with Crippen molar-refractivity contribution in [2.75, 3.05) is 32.7 Å². The third kappa shape index (κ3) is 3.99. The van der Waals surface area contributed by atoms with Gasteiger partial charge in [-0.3, -0.25) is 0 Å². The third-order valence-corrected chi connectivity index (χ3v) is 5.98. The molecule has 0 atom stereocenters. The summed E-state index contributed by atoms with van der Waals surface area (Å²) in [6.07, 6.45) is 0. The van der Waals surface area contributed by atoms with Crippen LogP contribution in [0.15, 0.2) is 33.5 Å². The first kappa shape index (κ1) is 17.5. The second-order valence-electron chi connectivity index (χ2n) is 6.07. The highest BCUT2D eigenvalue weighted by molar-refractivity contribution is 8.22. The molecule has 1 aliphatic rings. The van der Waals surface area contributed by atoms with Crippen LogP contribution in [0.4, 0.5) is 0 Å². The number of benzene rings is 1. The van der Waals surface area contributed by atoms with E-state index in [-0.39, 0.29) is 5.63 Å². The summed E-state index contributed by atoms with van der Waals surface area (Å²) < 4.78 is 6.21. The third-order valence-electron chi connectivity index (χ3n) is 4.41. The lowest BCUT2D eigenvalue weighted by Crippen LogP contribution is -2.47. The van der Waals surface area contributed by atoms with Crippen LogP contribution < -0.4 is 5.63 Å². The van der Waals surface area contributed by atoms with E-state index in [1.54, 1.807) is 17.8 Å². The normalized spacial score (nSPS) is 15.8. The minimum absolute atomic E-state index is 0.301. The number of rotatable bonds is 3. The van der Waals surface area contributed by atoms with Crippen LogP contribution >= 0.6 is 24.0 Å². The first-order chi connectivity index (χ1) is 11.6. The maximum absolute atomic E-state index is 11.8. The lowest BCUT2D eigenvalue weighted by molar-refractivity contribution is 0.193. The molecule has 1 aromatic heterocycles. The number of piperazine rings is 1. The van der Waals surface area contributed by atoms with E-state index in [1.165, 1.54) is 0 Å². The number of fused-ring (bicyclic) bond motifs is 1. The number of hydrogen-bond donors (Lipinski definition) is 0. The fraction of sp³-hybridized carbons (Fsp3) is 0.444. The van der Waals surface area contributed by atoms with Crippen LogP contribution in [-0.2, 0) is 5.75 Å². The van der Waals surface area contributed by atoms with Gasteiger partial charge in [-0.25, -0.2) is 4.79 Å². The Morgan fingerprint density at radius 3 is 2.71 bits per heavy atom. The van der Waals surface area contributed by atoms with Gasteiger partial charge >= 0.3 is 5.63 Å². The zero-order valence-corrected chi connectivity index (χ0v) is 15.7. The molecule has 128 valence electrons. The minimum Gasteiger partial charge on any atom is -0.423 e. The second kappa shape index (κ2) is 7.68. The molecule has 6 heteroatoms. The molecule has 1 fully saturated rings. The largest absolute Gasteiger partial charge is 0.423 e. The Morgan fingerprint density at radius 1 is 1.25 bits per heavy atom. The summed E-state index contributed by atoms with van der Waals surface area (Å²) in [4.78, 5) is 16.5. The number of likely N-dealkylation sites (N-methyl/N-ethyl adjacent to an activating group) is 1. The minimum atomic E-state index is -0.301. The average molecular weight is 363 g/mol. The Labute approximate surface area is 151 Å². The van der Waals surface area contributed by atoms with Gasteiger partial charge in [-0.15, -0.1) is 0 Å². The summed E-state index contributed by atoms with van der Waals surface area (Å²) >= 11 is 7.23. The first-order valence-electron chi connectivity index (χ1n) is 8.24. The molecule has 0 saturated carbocycles. The summed E-state index contributed by atoms with van der Waals surface area (Å²) in [7, 11) is 0. The summed E-state index contributed by atoms with van der Waals surface area (Å²) in [5.41, 5.74) is 2.49. The predicted octanol–water partition coefficient (Wildman–Crippen LogP) is 3.26. The van der Waals surface area contributed by atoms with Crippen molar-refractivity contribution in [3.8, 4) is 0 Å². The van der Waals surface area contributed by atoms with Crippen molar-refractivity contribution >= 4 is 39.3 Å². The summed E-state index contributed by atoms with van der Waals surface area (Å²) in [5, 5.41) is 1.00. The summed E-state index contributed by atoms with van der Waals surface area (Å²) in [6, 6.07) is 7.48. The molecule has 3 rings (SSSR count). The van der Waals surface area contributed by atoms with Crippen LogP contribution in [0.5, 0.6) is 0 Å². The molecule has 0 bridgehead atoms. The quantitative estimate of drug-likeness (QED) is 0.616. The van der Waals surface area contributed by atoms with Crippen LogP contribution in [0.2, 0.25) is 0 Å². The van der Waals surface area contributed by atoms with Crippen LogP contribution in [0, 0.1) is 6.92 Å². The van der Waals surface area contributed by atoms with E-state index in [4.69, 9.17) is 16.6 Å². The molecule has 0 N–H and O–H groups in total. The van der Waals surface area contributed by atoms with E-state index in [2.05, 4.69) is 22.8 Å². The van der Waals surface area contributed by atoms with Gasteiger partial charge in [0.25, 0.3) is 0 Å². The van der Waals surface area contributed by atoms with Crippen molar-refractivity contribution in [2.24, 2.45) is 0 Å². The molecule has 0 radical (unpaired) electrons. The van der Waals surface area contributed by atoms with E-state index in [1.807, 2.05) is 19.1 Å². The monoisotopic (exact) mass is 362 g/mol. The van der Waals surface area contributed by atoms with Gasteiger partial charge in [0.2, 0.25) is 0 Å². The molecule has 1 aromatic carbocycles. The van der Waals surface area contributed by atoms with E-state index in [0.717, 1.165) is 53.6 Å². The van der Waals surface area contributed by atoms with Gasteiger partial charge in [0, 0.05) is 43.4 Å². The van der Waals surface area contributed by atoms with E-state index < -0.39 is 0 Å². The summed E-state index contributed by atoms with van der Waals surface area (Å²) in [5.74, 6) is 0.693. The molecular formula is C18H22N2O2S2. The van der Waals surface area contributed by atoms with Crippen molar-refractivity contribution in [3.63, 3.8) is 0 Å². The number of thiocarbonyl (C=S) groups is 1. The molecule has 4 nitrogen and oxygen atoms in total. The molecule has 24 heavy (non-hydrogen) atoms. The molecule has 1 aliphatic heterocycles. The maximum atomic E-state index is 11.8. The van der Waals surface area contributed by atoms with Gasteiger partial charge in [-0.05, 0) is 31.2 Å². The second-order valence-corrected chi connectivity index (χ2v) is 7.68. The van der Waals surface area contributed by atoms with Gasteiger partial charge in [0.15, 0.2) is 0 Å². The average Bonchev–Trinajstić information content (AvgIpc) is 2.60. The number of thioether (sulfide) groups is 1. The topological polar surface area (TPSA) is 36.7 Å². The van der Waals surface area contributed by atoms with Gasteiger partial charge in [0.1, 0.15) is 9.90 Å². The first-order valence-corrected chi connectivity index (χ1v) is 9.63. The number of nitrogens with zero attached hydrogens (tertiary/aromatic N) is 2. The van der Waals surface area contributed by atoms with Crippen molar-refractivity contribution in [1.82, 2.24) is 9.80 Å². The lowest BCUT2D eigenvalue weighted by Gasteiger charge is -2.35. The predicted molar refractivity (Wildman–Crippen MR) is 105 cm³/mol. The highest BCUT2D eigenvalue weighted by Gasteiger charge is 2.18. The molecule has 1 saturated heterocycles. The Bertz CT molecular complexity index is 795. The van der Waals surface area contributed by atoms with Crippen LogP contribution in [0.1, 0.15) is 18.1 Å². The van der Waals surface area contributed by atoms with Crippen LogP contribution in [0.25, 0.3) is 11.0 Å². The lowest BCUT2D eigenvalue weighted by atomic mass is 10.1. The van der Waals surface area contributed by atoms with Crippen molar-refractivity contribution < 1.29 is 4.42 Å². The smallest absolute Gasteiger partial charge is 0.336 e. The van der Waals surface area contributed by atoms with E-state index in [9.17, 15) is 4.79 Å². The van der Waals surface area contributed by atoms with Gasteiger partial charge in [0.05, 0.1) is 0 Å². The Morgan fingerprint density at radius 2 is 2.00 bits per heavy atom. The van der Waals surface area contributed by atoms with Crippen molar-refractivity contribution in [2.45, 2.75) is 19.6 Å². The molecule has 0 spiro atoms. The standard InChI is InChI=1S/C18H22N2O2S2/c1-3-19-6-8-20(9-7-19)18(23)24-12-14-11-17(21)22-16-5-4-13(2)10-15(14)16/h4-5,10-11H,3,6-9,12H2,1-2H3. The summed E-state index contributed by atoms with van der Waals surface area (Å²) in [6.45, 7) is 9.42. The fourth-order valence-electron chi connectivity index (χ4n) is 2.94. The number of aryl methyl sites for hydroxylation is 1. The maximum Gasteiger partial charge on any atom is 0.336 e. The molecule has 2 aromatic rings. The van der Waals surface area contributed by atoms with Gasteiger partial charge < -0.3 is 14.2 Å². The molecule has 2 heterocycles. The van der Waals surface area contributed by atoms with Crippen molar-refractivity contribution in [1.29, 1.82) is 0 Å².